The van der Waals surface area contributed by atoms with E-state index in [0.717, 1.165) is 31.8 Å². The minimum Gasteiger partial charge on any atom is -0.497 e. The highest BCUT2D eigenvalue weighted by atomic mass is 16.5. The minimum atomic E-state index is 0.102. The Hall–Kier alpha value is -1.06. The van der Waals surface area contributed by atoms with Gasteiger partial charge in [0.05, 0.1) is 7.11 Å². The average molecular weight is 221 g/mol. The number of rotatable bonds is 3. The van der Waals surface area contributed by atoms with E-state index in [1.807, 2.05) is 12.1 Å². The van der Waals surface area contributed by atoms with Crippen LogP contribution in [0.2, 0.25) is 0 Å². The van der Waals surface area contributed by atoms with Gasteiger partial charge in [-0.2, -0.15) is 0 Å². The first-order valence-electron chi connectivity index (χ1n) is 5.73. The molecule has 88 valence electrons. The molecular weight excluding hydrogens is 202 g/mol. The van der Waals surface area contributed by atoms with Gasteiger partial charge in [-0.05, 0) is 30.5 Å². The van der Waals surface area contributed by atoms with Crippen molar-refractivity contribution in [2.75, 3.05) is 26.9 Å². The van der Waals surface area contributed by atoms with Crippen molar-refractivity contribution in [3.63, 3.8) is 0 Å². The summed E-state index contributed by atoms with van der Waals surface area (Å²) < 4.78 is 10.6. The van der Waals surface area contributed by atoms with Crippen molar-refractivity contribution in [3.8, 4) is 5.75 Å². The maximum Gasteiger partial charge on any atom is 0.118 e. The van der Waals surface area contributed by atoms with Crippen LogP contribution in [0, 0.1) is 0 Å². The number of hydrogen-bond donors (Lipinski definition) is 1. The molecular formula is C13H19NO2. The molecule has 0 saturated carbocycles. The molecule has 16 heavy (non-hydrogen) atoms. The lowest BCUT2D eigenvalue weighted by Gasteiger charge is -2.36. The number of methoxy groups -OCH3 is 1. The van der Waals surface area contributed by atoms with E-state index in [2.05, 4.69) is 12.1 Å². The van der Waals surface area contributed by atoms with E-state index in [1.165, 1.54) is 5.56 Å². The Kier molecular flexibility index (Phi) is 3.46. The Balaban J connectivity index is 2.24. The third-order valence-corrected chi connectivity index (χ3v) is 3.54. The summed E-state index contributed by atoms with van der Waals surface area (Å²) in [6.45, 7) is 2.30. The van der Waals surface area contributed by atoms with Gasteiger partial charge in [0.15, 0.2) is 0 Å². The smallest absolute Gasteiger partial charge is 0.118 e. The first kappa shape index (κ1) is 11.4. The van der Waals surface area contributed by atoms with E-state index in [1.54, 1.807) is 7.11 Å². The zero-order valence-corrected chi connectivity index (χ0v) is 9.74. The SMILES string of the molecule is COc1ccc(C2(CN)CCOCC2)cc1. The first-order chi connectivity index (χ1) is 7.80. The van der Waals surface area contributed by atoms with Crippen LogP contribution in [0.5, 0.6) is 5.75 Å². The summed E-state index contributed by atoms with van der Waals surface area (Å²) in [6, 6.07) is 8.25. The molecule has 0 unspecified atom stereocenters. The van der Waals surface area contributed by atoms with Crippen molar-refractivity contribution in [3.05, 3.63) is 29.8 Å². The summed E-state index contributed by atoms with van der Waals surface area (Å²) >= 11 is 0. The van der Waals surface area contributed by atoms with Gasteiger partial charge in [-0.25, -0.2) is 0 Å². The highest BCUT2D eigenvalue weighted by Crippen LogP contribution is 2.34. The third kappa shape index (κ3) is 2.06. The fourth-order valence-electron chi connectivity index (χ4n) is 2.32. The highest BCUT2D eigenvalue weighted by molar-refractivity contribution is 5.33. The third-order valence-electron chi connectivity index (χ3n) is 3.54. The molecule has 1 aromatic carbocycles. The molecule has 0 bridgehead atoms. The molecule has 2 N–H and O–H groups in total. The van der Waals surface area contributed by atoms with E-state index < -0.39 is 0 Å². The molecule has 3 nitrogen and oxygen atoms in total. The largest absolute Gasteiger partial charge is 0.497 e. The number of benzene rings is 1. The summed E-state index contributed by atoms with van der Waals surface area (Å²) in [4.78, 5) is 0. The van der Waals surface area contributed by atoms with E-state index >= 15 is 0 Å². The Morgan fingerprint density at radius 1 is 1.25 bits per heavy atom. The Labute approximate surface area is 96.5 Å². The van der Waals surface area contributed by atoms with Crippen LogP contribution in [0.15, 0.2) is 24.3 Å². The lowest BCUT2D eigenvalue weighted by Crippen LogP contribution is -2.40. The molecule has 0 aliphatic carbocycles. The van der Waals surface area contributed by atoms with Gasteiger partial charge in [0, 0.05) is 25.2 Å². The lowest BCUT2D eigenvalue weighted by atomic mass is 9.74. The van der Waals surface area contributed by atoms with Crippen molar-refractivity contribution in [1.82, 2.24) is 0 Å². The number of ether oxygens (including phenoxy) is 2. The topological polar surface area (TPSA) is 44.5 Å². The van der Waals surface area contributed by atoms with Crippen LogP contribution in [-0.4, -0.2) is 26.9 Å². The van der Waals surface area contributed by atoms with Crippen molar-refractivity contribution in [2.24, 2.45) is 5.73 Å². The molecule has 2 rings (SSSR count). The summed E-state index contributed by atoms with van der Waals surface area (Å²) in [5.74, 6) is 0.892. The van der Waals surface area contributed by atoms with Crippen LogP contribution in [0.3, 0.4) is 0 Å². The van der Waals surface area contributed by atoms with Crippen LogP contribution in [0.4, 0.5) is 0 Å². The predicted octanol–water partition coefficient (Wildman–Crippen LogP) is 1.70. The normalized spacial score (nSPS) is 19.4. The van der Waals surface area contributed by atoms with Crippen molar-refractivity contribution in [1.29, 1.82) is 0 Å². The zero-order chi connectivity index (χ0) is 11.4. The quantitative estimate of drug-likeness (QED) is 0.845. The molecule has 1 heterocycles. The van der Waals surface area contributed by atoms with Gasteiger partial charge < -0.3 is 15.2 Å². The summed E-state index contributed by atoms with van der Waals surface area (Å²) in [7, 11) is 1.68. The van der Waals surface area contributed by atoms with Crippen molar-refractivity contribution in [2.45, 2.75) is 18.3 Å². The van der Waals surface area contributed by atoms with Crippen molar-refractivity contribution >= 4 is 0 Å². The summed E-state index contributed by atoms with van der Waals surface area (Å²) in [5.41, 5.74) is 7.36. The standard InChI is InChI=1S/C13H19NO2/c1-15-12-4-2-11(3-5-12)13(10-14)6-8-16-9-7-13/h2-5H,6-10,14H2,1H3. The van der Waals surface area contributed by atoms with E-state index in [9.17, 15) is 0 Å². The summed E-state index contributed by atoms with van der Waals surface area (Å²) in [6.07, 6.45) is 2.02. The molecule has 0 amide bonds. The van der Waals surface area contributed by atoms with Crippen LogP contribution in [0.25, 0.3) is 0 Å². The van der Waals surface area contributed by atoms with Gasteiger partial charge in [0.1, 0.15) is 5.75 Å². The molecule has 0 aromatic heterocycles. The first-order valence-corrected chi connectivity index (χ1v) is 5.73. The maximum atomic E-state index is 5.95. The van der Waals surface area contributed by atoms with Crippen molar-refractivity contribution < 1.29 is 9.47 Å². The van der Waals surface area contributed by atoms with E-state index in [4.69, 9.17) is 15.2 Å². The second kappa shape index (κ2) is 4.85. The van der Waals surface area contributed by atoms with Crippen LogP contribution >= 0.6 is 0 Å². The van der Waals surface area contributed by atoms with E-state index in [-0.39, 0.29) is 5.41 Å². The average Bonchev–Trinajstić information content (AvgIpc) is 2.39. The number of hydrogen-bond acceptors (Lipinski definition) is 3. The van der Waals surface area contributed by atoms with Crippen LogP contribution in [-0.2, 0) is 10.2 Å². The van der Waals surface area contributed by atoms with Crippen LogP contribution in [0.1, 0.15) is 18.4 Å². The zero-order valence-electron chi connectivity index (χ0n) is 9.74. The fourth-order valence-corrected chi connectivity index (χ4v) is 2.32. The van der Waals surface area contributed by atoms with Gasteiger partial charge in [-0.3, -0.25) is 0 Å². The molecule has 1 aromatic rings. The van der Waals surface area contributed by atoms with Gasteiger partial charge in [0.25, 0.3) is 0 Å². The van der Waals surface area contributed by atoms with Gasteiger partial charge in [-0.1, -0.05) is 12.1 Å². The van der Waals surface area contributed by atoms with Crippen LogP contribution < -0.4 is 10.5 Å². The second-order valence-corrected chi connectivity index (χ2v) is 4.33. The molecule has 1 saturated heterocycles. The molecule has 1 aliphatic heterocycles. The maximum absolute atomic E-state index is 5.95. The summed E-state index contributed by atoms with van der Waals surface area (Å²) in [5, 5.41) is 0. The highest BCUT2D eigenvalue weighted by Gasteiger charge is 2.32. The predicted molar refractivity (Wildman–Crippen MR) is 63.8 cm³/mol. The monoisotopic (exact) mass is 221 g/mol. The second-order valence-electron chi connectivity index (χ2n) is 4.33. The number of nitrogens with two attached hydrogens (primary N) is 1. The van der Waals surface area contributed by atoms with Gasteiger partial charge in [-0.15, -0.1) is 0 Å². The molecule has 1 aliphatic rings. The van der Waals surface area contributed by atoms with Gasteiger partial charge >= 0.3 is 0 Å². The molecule has 1 fully saturated rings. The Bertz CT molecular complexity index is 328. The molecule has 0 radical (unpaired) electrons. The Morgan fingerprint density at radius 3 is 2.38 bits per heavy atom. The van der Waals surface area contributed by atoms with Gasteiger partial charge in [0.2, 0.25) is 0 Å². The minimum absolute atomic E-state index is 0.102. The molecule has 3 heteroatoms. The molecule has 0 atom stereocenters. The Morgan fingerprint density at radius 2 is 1.88 bits per heavy atom. The lowest BCUT2D eigenvalue weighted by molar-refractivity contribution is 0.0529. The van der Waals surface area contributed by atoms with E-state index in [0.29, 0.717) is 6.54 Å². The molecule has 0 spiro atoms. The fraction of sp³-hybridized carbons (Fsp3) is 0.538.